The van der Waals surface area contributed by atoms with E-state index in [4.69, 9.17) is 4.74 Å². The molecule has 4 heteroatoms. The standard InChI is InChI=1S/C15H12Br2O2/c1-9-3-6-14(19-2)12(7-9)15(18)11-8-10(16)4-5-13(11)17/h3-8H,1-2H3. The summed E-state index contributed by atoms with van der Waals surface area (Å²) in [4.78, 5) is 12.6. The number of benzene rings is 2. The Morgan fingerprint density at radius 1 is 1.05 bits per heavy atom. The molecule has 0 aliphatic rings. The fraction of sp³-hybridized carbons (Fsp3) is 0.133. The van der Waals surface area contributed by atoms with E-state index in [1.807, 2.05) is 37.3 Å². The van der Waals surface area contributed by atoms with Gasteiger partial charge in [0.1, 0.15) is 5.75 Å². The highest BCUT2D eigenvalue weighted by atomic mass is 79.9. The number of carbonyl (C=O) groups excluding carboxylic acids is 1. The number of methoxy groups -OCH3 is 1. The van der Waals surface area contributed by atoms with Crippen LogP contribution in [0.15, 0.2) is 45.3 Å². The minimum atomic E-state index is -0.0614. The van der Waals surface area contributed by atoms with Gasteiger partial charge in [-0.15, -0.1) is 0 Å². The molecule has 2 rings (SSSR count). The minimum absolute atomic E-state index is 0.0614. The first-order chi connectivity index (χ1) is 9.02. The molecule has 0 saturated carbocycles. The Bertz CT molecular complexity index is 636. The predicted octanol–water partition coefficient (Wildman–Crippen LogP) is 4.76. The van der Waals surface area contributed by atoms with E-state index in [9.17, 15) is 4.79 Å². The summed E-state index contributed by atoms with van der Waals surface area (Å²) in [7, 11) is 1.57. The molecule has 0 unspecified atom stereocenters. The summed E-state index contributed by atoms with van der Waals surface area (Å²) in [5.74, 6) is 0.524. The molecule has 0 radical (unpaired) electrons. The molecule has 0 bridgehead atoms. The Balaban J connectivity index is 2.55. The summed E-state index contributed by atoms with van der Waals surface area (Å²) in [5.41, 5.74) is 2.20. The van der Waals surface area contributed by atoms with Crippen molar-refractivity contribution >= 4 is 37.6 Å². The Morgan fingerprint density at radius 2 is 1.79 bits per heavy atom. The maximum absolute atomic E-state index is 12.6. The molecule has 19 heavy (non-hydrogen) atoms. The number of hydrogen-bond donors (Lipinski definition) is 0. The van der Waals surface area contributed by atoms with Crippen molar-refractivity contribution in [3.63, 3.8) is 0 Å². The molecule has 0 N–H and O–H groups in total. The van der Waals surface area contributed by atoms with Crippen LogP contribution in [0.1, 0.15) is 21.5 Å². The van der Waals surface area contributed by atoms with Gasteiger partial charge in [-0.2, -0.15) is 0 Å². The van der Waals surface area contributed by atoms with Crippen molar-refractivity contribution in [1.82, 2.24) is 0 Å². The Morgan fingerprint density at radius 3 is 2.47 bits per heavy atom. The average molecular weight is 384 g/mol. The van der Waals surface area contributed by atoms with Crippen LogP contribution in [-0.2, 0) is 0 Å². The number of hydrogen-bond acceptors (Lipinski definition) is 2. The Hall–Kier alpha value is -1.13. The molecule has 0 aliphatic heterocycles. The van der Waals surface area contributed by atoms with Crippen molar-refractivity contribution in [2.45, 2.75) is 6.92 Å². The van der Waals surface area contributed by atoms with Gasteiger partial charge in [0.2, 0.25) is 0 Å². The van der Waals surface area contributed by atoms with Gasteiger partial charge in [0.25, 0.3) is 0 Å². The van der Waals surface area contributed by atoms with E-state index in [2.05, 4.69) is 31.9 Å². The van der Waals surface area contributed by atoms with Crippen LogP contribution in [0.3, 0.4) is 0 Å². The van der Waals surface area contributed by atoms with Crippen molar-refractivity contribution in [3.8, 4) is 5.75 Å². The monoisotopic (exact) mass is 382 g/mol. The van der Waals surface area contributed by atoms with Crippen LogP contribution in [-0.4, -0.2) is 12.9 Å². The number of ketones is 1. The second-order valence-corrected chi connectivity index (χ2v) is 5.93. The van der Waals surface area contributed by atoms with Crippen LogP contribution in [0.4, 0.5) is 0 Å². The molecule has 2 aromatic rings. The Labute approximate surface area is 129 Å². The third-order valence-electron chi connectivity index (χ3n) is 2.77. The van der Waals surface area contributed by atoms with E-state index in [-0.39, 0.29) is 5.78 Å². The molecule has 0 atom stereocenters. The van der Waals surface area contributed by atoms with Crippen LogP contribution in [0.2, 0.25) is 0 Å². The lowest BCUT2D eigenvalue weighted by atomic mass is 10.0. The van der Waals surface area contributed by atoms with Gasteiger partial charge >= 0.3 is 0 Å². The van der Waals surface area contributed by atoms with Gasteiger partial charge in [-0.25, -0.2) is 0 Å². The van der Waals surface area contributed by atoms with Crippen LogP contribution < -0.4 is 4.74 Å². The fourth-order valence-corrected chi connectivity index (χ4v) is 2.60. The molecular weight excluding hydrogens is 372 g/mol. The van der Waals surface area contributed by atoms with Gasteiger partial charge in [0.15, 0.2) is 5.78 Å². The van der Waals surface area contributed by atoms with Crippen LogP contribution >= 0.6 is 31.9 Å². The quantitative estimate of drug-likeness (QED) is 0.714. The second-order valence-electron chi connectivity index (χ2n) is 4.16. The third-order valence-corrected chi connectivity index (χ3v) is 3.96. The normalized spacial score (nSPS) is 10.3. The van der Waals surface area contributed by atoms with E-state index < -0.39 is 0 Å². The van der Waals surface area contributed by atoms with Gasteiger partial charge in [0.05, 0.1) is 12.7 Å². The van der Waals surface area contributed by atoms with Gasteiger partial charge in [-0.05, 0) is 37.3 Å². The van der Waals surface area contributed by atoms with Crippen molar-refractivity contribution in [2.75, 3.05) is 7.11 Å². The smallest absolute Gasteiger partial charge is 0.197 e. The zero-order valence-corrected chi connectivity index (χ0v) is 13.7. The van der Waals surface area contributed by atoms with Crippen molar-refractivity contribution in [2.24, 2.45) is 0 Å². The molecule has 0 spiro atoms. The number of ether oxygens (including phenoxy) is 1. The first-order valence-corrected chi connectivity index (χ1v) is 7.26. The second kappa shape index (κ2) is 5.88. The third kappa shape index (κ3) is 3.07. The molecule has 2 nitrogen and oxygen atoms in total. The number of rotatable bonds is 3. The molecule has 0 aliphatic carbocycles. The van der Waals surface area contributed by atoms with Crippen LogP contribution in [0, 0.1) is 6.92 Å². The summed E-state index contributed by atoms with van der Waals surface area (Å²) >= 11 is 6.79. The Kier molecular flexibility index (Phi) is 4.42. The van der Waals surface area contributed by atoms with Gasteiger partial charge in [-0.1, -0.05) is 43.5 Å². The summed E-state index contributed by atoms with van der Waals surface area (Å²) in [5, 5.41) is 0. The van der Waals surface area contributed by atoms with Crippen molar-refractivity contribution < 1.29 is 9.53 Å². The lowest BCUT2D eigenvalue weighted by Crippen LogP contribution is -2.05. The summed E-state index contributed by atoms with van der Waals surface area (Å²) in [6.07, 6.45) is 0. The molecule has 0 amide bonds. The number of aryl methyl sites for hydroxylation is 1. The zero-order valence-electron chi connectivity index (χ0n) is 10.5. The van der Waals surface area contributed by atoms with E-state index >= 15 is 0 Å². The van der Waals surface area contributed by atoms with E-state index in [1.54, 1.807) is 13.2 Å². The number of halogens is 2. The SMILES string of the molecule is COc1ccc(C)cc1C(=O)c1cc(Br)ccc1Br. The van der Waals surface area contributed by atoms with Crippen molar-refractivity contribution in [1.29, 1.82) is 0 Å². The molecular formula is C15H12Br2O2. The maximum atomic E-state index is 12.6. The molecule has 0 saturated heterocycles. The summed E-state index contributed by atoms with van der Waals surface area (Å²) in [6.45, 7) is 1.95. The van der Waals surface area contributed by atoms with Crippen LogP contribution in [0.5, 0.6) is 5.75 Å². The minimum Gasteiger partial charge on any atom is -0.496 e. The molecule has 0 fully saturated rings. The van der Waals surface area contributed by atoms with E-state index in [1.165, 1.54) is 0 Å². The van der Waals surface area contributed by atoms with Crippen molar-refractivity contribution in [3.05, 3.63) is 62.0 Å². The maximum Gasteiger partial charge on any atom is 0.197 e. The topological polar surface area (TPSA) is 26.3 Å². The zero-order chi connectivity index (χ0) is 14.0. The predicted molar refractivity (Wildman–Crippen MR) is 83.0 cm³/mol. The molecule has 98 valence electrons. The highest BCUT2D eigenvalue weighted by molar-refractivity contribution is 9.11. The lowest BCUT2D eigenvalue weighted by Gasteiger charge is -2.10. The summed E-state index contributed by atoms with van der Waals surface area (Å²) < 4.78 is 6.90. The van der Waals surface area contributed by atoms with E-state index in [0.717, 1.165) is 14.5 Å². The average Bonchev–Trinajstić information content (AvgIpc) is 2.40. The molecule has 2 aromatic carbocycles. The highest BCUT2D eigenvalue weighted by Gasteiger charge is 2.17. The summed E-state index contributed by atoms with van der Waals surface area (Å²) in [6, 6.07) is 11.1. The molecule has 0 aromatic heterocycles. The number of carbonyl (C=O) groups is 1. The van der Waals surface area contributed by atoms with Gasteiger partial charge in [0, 0.05) is 14.5 Å². The lowest BCUT2D eigenvalue weighted by molar-refractivity contribution is 0.103. The first-order valence-electron chi connectivity index (χ1n) is 5.67. The van der Waals surface area contributed by atoms with Gasteiger partial charge in [-0.3, -0.25) is 4.79 Å². The van der Waals surface area contributed by atoms with E-state index in [0.29, 0.717) is 16.9 Å². The fourth-order valence-electron chi connectivity index (χ4n) is 1.82. The first kappa shape index (κ1) is 14.3. The van der Waals surface area contributed by atoms with Gasteiger partial charge < -0.3 is 4.74 Å². The molecule has 0 heterocycles. The van der Waals surface area contributed by atoms with Crippen LogP contribution in [0.25, 0.3) is 0 Å². The highest BCUT2D eigenvalue weighted by Crippen LogP contribution is 2.28. The largest absolute Gasteiger partial charge is 0.496 e.